The number of hydrogen-bond donors (Lipinski definition) is 0. The fourth-order valence-corrected chi connectivity index (χ4v) is 6.26. The van der Waals surface area contributed by atoms with Crippen LogP contribution in [-0.2, 0) is 24.7 Å². The zero-order valence-electron chi connectivity index (χ0n) is 11.3. The van der Waals surface area contributed by atoms with Gasteiger partial charge in [-0.05, 0) is 0 Å². The maximum atomic E-state index is 2.48. The molecule has 3 aliphatic rings. The first-order chi connectivity index (χ1) is 8.69. The molecule has 1 saturated carbocycles. The van der Waals surface area contributed by atoms with Crippen molar-refractivity contribution >= 4 is 0 Å². The van der Waals surface area contributed by atoms with Crippen LogP contribution in [0.4, 0.5) is 0 Å². The molecule has 0 nitrogen and oxygen atoms in total. The summed E-state index contributed by atoms with van der Waals surface area (Å²) in [6.45, 7) is 4.73. The van der Waals surface area contributed by atoms with E-state index >= 15 is 0 Å². The first kappa shape index (κ1) is 12.9. The van der Waals surface area contributed by atoms with Gasteiger partial charge in [0.25, 0.3) is 0 Å². The van der Waals surface area contributed by atoms with Gasteiger partial charge in [-0.15, -0.1) is 0 Å². The SMILES string of the molecule is CCC1(C2=CC=CC2)CC2C(C)=CC=CC2[CH]1[Zr]. The van der Waals surface area contributed by atoms with Gasteiger partial charge in [0.2, 0.25) is 0 Å². The fraction of sp³-hybridized carbons (Fsp3) is 0.529. The number of fused-ring (bicyclic) bond motifs is 1. The second-order valence-electron chi connectivity index (χ2n) is 6.00. The summed E-state index contributed by atoms with van der Waals surface area (Å²) in [5.74, 6) is 1.61. The van der Waals surface area contributed by atoms with Gasteiger partial charge in [-0.3, -0.25) is 0 Å². The van der Waals surface area contributed by atoms with E-state index in [1.54, 1.807) is 35.9 Å². The molecule has 4 unspecified atom stereocenters. The molecule has 0 heterocycles. The quantitative estimate of drug-likeness (QED) is 0.689. The van der Waals surface area contributed by atoms with Gasteiger partial charge in [0.1, 0.15) is 0 Å². The van der Waals surface area contributed by atoms with Gasteiger partial charge in [0.05, 0.1) is 0 Å². The second-order valence-corrected chi connectivity index (χ2v) is 7.52. The number of allylic oxidation sites excluding steroid dienone is 8. The van der Waals surface area contributed by atoms with Crippen molar-refractivity contribution in [2.45, 2.75) is 36.7 Å². The van der Waals surface area contributed by atoms with Crippen molar-refractivity contribution in [2.24, 2.45) is 17.3 Å². The van der Waals surface area contributed by atoms with Crippen LogP contribution in [0.5, 0.6) is 0 Å². The van der Waals surface area contributed by atoms with E-state index in [1.165, 1.54) is 19.3 Å². The van der Waals surface area contributed by atoms with E-state index in [-0.39, 0.29) is 0 Å². The third kappa shape index (κ3) is 1.74. The van der Waals surface area contributed by atoms with Crippen LogP contribution in [0, 0.1) is 17.3 Å². The predicted molar refractivity (Wildman–Crippen MR) is 72.8 cm³/mol. The average Bonchev–Trinajstić information content (AvgIpc) is 2.98. The van der Waals surface area contributed by atoms with Gasteiger partial charge in [-0.1, -0.05) is 0 Å². The summed E-state index contributed by atoms with van der Waals surface area (Å²) in [7, 11) is 0. The molecule has 0 aromatic heterocycles. The molecule has 1 heteroatoms. The molecule has 0 aliphatic heterocycles. The van der Waals surface area contributed by atoms with Gasteiger partial charge in [0.15, 0.2) is 0 Å². The van der Waals surface area contributed by atoms with Gasteiger partial charge in [-0.2, -0.15) is 0 Å². The van der Waals surface area contributed by atoms with Crippen LogP contribution in [0.15, 0.2) is 47.6 Å². The van der Waals surface area contributed by atoms with Crippen molar-refractivity contribution in [3.8, 4) is 0 Å². The molecular weight excluding hydrogens is 295 g/mol. The van der Waals surface area contributed by atoms with Crippen LogP contribution in [-0.4, -0.2) is 0 Å². The van der Waals surface area contributed by atoms with Crippen molar-refractivity contribution in [1.82, 2.24) is 0 Å². The van der Waals surface area contributed by atoms with E-state index in [9.17, 15) is 0 Å². The fourth-order valence-electron chi connectivity index (χ4n) is 4.16. The third-order valence-electron chi connectivity index (χ3n) is 5.35. The Hall–Kier alpha value is -0.157. The first-order valence-electron chi connectivity index (χ1n) is 7.11. The summed E-state index contributed by atoms with van der Waals surface area (Å²) in [6.07, 6.45) is 18.0. The molecule has 93 valence electrons. The van der Waals surface area contributed by atoms with E-state index < -0.39 is 0 Å². The molecule has 0 spiro atoms. The van der Waals surface area contributed by atoms with E-state index in [1.807, 2.05) is 0 Å². The molecule has 0 bridgehead atoms. The molecule has 0 saturated heterocycles. The average molecular weight is 317 g/mol. The normalized spacial score (nSPS) is 41.7. The topological polar surface area (TPSA) is 0 Å². The zero-order valence-corrected chi connectivity index (χ0v) is 13.8. The zero-order chi connectivity index (χ0) is 12.8. The Balaban J connectivity index is 1.98. The molecule has 18 heavy (non-hydrogen) atoms. The molecule has 4 atom stereocenters. The monoisotopic (exact) mass is 315 g/mol. The number of hydrogen-bond acceptors (Lipinski definition) is 0. The summed E-state index contributed by atoms with van der Waals surface area (Å²) in [5, 5.41) is 0. The molecule has 1 fully saturated rings. The summed E-state index contributed by atoms with van der Waals surface area (Å²) >= 11 is 1.73. The van der Waals surface area contributed by atoms with Gasteiger partial charge in [0, 0.05) is 0 Å². The summed E-state index contributed by atoms with van der Waals surface area (Å²) < 4.78 is 0.866. The summed E-state index contributed by atoms with van der Waals surface area (Å²) in [6, 6.07) is 0. The Labute approximate surface area is 126 Å². The third-order valence-corrected chi connectivity index (χ3v) is 7.65. The Morgan fingerprint density at radius 2 is 2.17 bits per heavy atom. The molecule has 0 aromatic rings. The van der Waals surface area contributed by atoms with Crippen molar-refractivity contribution in [2.75, 3.05) is 0 Å². The van der Waals surface area contributed by atoms with Crippen molar-refractivity contribution in [3.05, 3.63) is 47.6 Å². The number of rotatable bonds is 2. The van der Waals surface area contributed by atoms with Gasteiger partial charge in [-0.25, -0.2) is 0 Å². The Morgan fingerprint density at radius 3 is 2.78 bits per heavy atom. The Kier molecular flexibility index (Phi) is 3.39. The van der Waals surface area contributed by atoms with Crippen LogP contribution in [0.3, 0.4) is 0 Å². The van der Waals surface area contributed by atoms with Crippen LogP contribution < -0.4 is 0 Å². The Morgan fingerprint density at radius 1 is 1.33 bits per heavy atom. The van der Waals surface area contributed by atoms with E-state index in [4.69, 9.17) is 0 Å². The van der Waals surface area contributed by atoms with E-state index in [0.29, 0.717) is 5.41 Å². The standard InChI is InChI=1S/C17H21.Zr/c1-3-17(15-9-4-5-10-15)11-14-8-6-7-13(2)16(14)12-17;/h4-9,11,14,16H,3,10,12H2,1-2H3;. The van der Waals surface area contributed by atoms with Crippen LogP contribution in [0.2, 0.25) is 3.63 Å². The van der Waals surface area contributed by atoms with E-state index in [2.05, 4.69) is 50.3 Å². The second kappa shape index (κ2) is 4.75. The minimum absolute atomic E-state index is 0.487. The molecule has 0 amide bonds. The maximum absolute atomic E-state index is 2.48. The van der Waals surface area contributed by atoms with Crippen molar-refractivity contribution < 1.29 is 24.7 Å². The van der Waals surface area contributed by atoms with Crippen molar-refractivity contribution in [3.63, 3.8) is 0 Å². The Bertz CT molecular complexity index is 466. The predicted octanol–water partition coefficient (Wildman–Crippen LogP) is 4.76. The molecule has 0 aromatic carbocycles. The van der Waals surface area contributed by atoms with Gasteiger partial charge < -0.3 is 0 Å². The molecule has 0 N–H and O–H groups in total. The van der Waals surface area contributed by atoms with Crippen LogP contribution in [0.1, 0.15) is 33.1 Å². The molecule has 0 radical (unpaired) electrons. The first-order valence-corrected chi connectivity index (χ1v) is 8.53. The molecule has 3 rings (SSSR count). The molecular formula is C17H21Zr. The van der Waals surface area contributed by atoms with Crippen LogP contribution >= 0.6 is 0 Å². The van der Waals surface area contributed by atoms with E-state index in [0.717, 1.165) is 15.5 Å². The van der Waals surface area contributed by atoms with Crippen LogP contribution in [0.25, 0.3) is 0 Å². The summed E-state index contributed by atoms with van der Waals surface area (Å²) in [5.41, 5.74) is 3.81. The van der Waals surface area contributed by atoms with Gasteiger partial charge >= 0.3 is 126 Å². The summed E-state index contributed by atoms with van der Waals surface area (Å²) in [4.78, 5) is 0. The molecule has 3 aliphatic carbocycles. The van der Waals surface area contributed by atoms with Crippen molar-refractivity contribution in [1.29, 1.82) is 0 Å². The minimum atomic E-state index is 0.487.